The molecule has 0 spiro atoms. The van der Waals surface area contributed by atoms with Crippen molar-refractivity contribution in [3.8, 4) is 11.5 Å². The van der Waals surface area contributed by atoms with Gasteiger partial charge in [0.05, 0.1) is 6.42 Å². The third-order valence-corrected chi connectivity index (χ3v) is 2.59. The molecule has 1 aliphatic heterocycles. The number of rotatable bonds is 4. The van der Waals surface area contributed by atoms with Crippen molar-refractivity contribution in [3.05, 3.63) is 17.7 Å². The maximum atomic E-state index is 11.6. The number of carboxylic acid groups (broad SMARTS) is 1. The minimum Gasteiger partial charge on any atom is -0.481 e. The zero-order valence-corrected chi connectivity index (χ0v) is 10.4. The van der Waals surface area contributed by atoms with Crippen molar-refractivity contribution in [2.45, 2.75) is 13.3 Å². The third-order valence-electron chi connectivity index (χ3n) is 2.59. The summed E-state index contributed by atoms with van der Waals surface area (Å²) in [6.45, 7) is 2.07. The van der Waals surface area contributed by atoms with Gasteiger partial charge in [0.15, 0.2) is 11.5 Å². The number of benzene rings is 1. The summed E-state index contributed by atoms with van der Waals surface area (Å²) in [7, 11) is 0. The molecule has 0 saturated carbocycles. The molecule has 2 amide bonds. The van der Waals surface area contributed by atoms with Crippen LogP contribution in [0.15, 0.2) is 12.1 Å². The molecule has 1 heterocycles. The van der Waals surface area contributed by atoms with Crippen molar-refractivity contribution in [1.82, 2.24) is 5.32 Å². The number of hydrogen-bond donors (Lipinski definition) is 3. The number of anilines is 1. The fourth-order valence-electron chi connectivity index (χ4n) is 1.63. The Kier molecular flexibility index (Phi) is 3.74. The fraction of sp³-hybridized carbons (Fsp3) is 0.333. The number of ether oxygens (including phenoxy) is 2. The van der Waals surface area contributed by atoms with E-state index in [4.69, 9.17) is 14.6 Å². The molecule has 0 aromatic heterocycles. The molecule has 0 unspecified atom stereocenters. The number of hydrogen-bond acceptors (Lipinski definition) is 4. The summed E-state index contributed by atoms with van der Waals surface area (Å²) in [4.78, 5) is 21.9. The molecule has 1 aromatic rings. The highest BCUT2D eigenvalue weighted by molar-refractivity contribution is 5.90. The van der Waals surface area contributed by atoms with E-state index in [9.17, 15) is 9.59 Å². The van der Waals surface area contributed by atoms with E-state index in [-0.39, 0.29) is 19.8 Å². The molecular weight excluding hydrogens is 252 g/mol. The molecule has 3 N–H and O–H groups in total. The Morgan fingerprint density at radius 3 is 2.68 bits per heavy atom. The molecule has 19 heavy (non-hydrogen) atoms. The van der Waals surface area contributed by atoms with Crippen LogP contribution in [-0.4, -0.2) is 30.4 Å². The van der Waals surface area contributed by atoms with Crippen LogP contribution in [0.2, 0.25) is 0 Å². The highest BCUT2D eigenvalue weighted by Crippen LogP contribution is 2.36. The molecule has 2 rings (SSSR count). The van der Waals surface area contributed by atoms with E-state index >= 15 is 0 Å². The normalized spacial score (nSPS) is 12.1. The Morgan fingerprint density at radius 2 is 2.00 bits per heavy atom. The summed E-state index contributed by atoms with van der Waals surface area (Å²) in [5.74, 6) is 0.264. The first-order valence-corrected chi connectivity index (χ1v) is 5.73. The monoisotopic (exact) mass is 266 g/mol. The van der Waals surface area contributed by atoms with Gasteiger partial charge in [0, 0.05) is 18.3 Å². The Hall–Kier alpha value is -2.44. The van der Waals surface area contributed by atoms with Gasteiger partial charge in [-0.15, -0.1) is 0 Å². The van der Waals surface area contributed by atoms with Gasteiger partial charge in [-0.3, -0.25) is 4.79 Å². The van der Waals surface area contributed by atoms with E-state index in [0.717, 1.165) is 5.56 Å². The molecule has 7 nitrogen and oxygen atoms in total. The van der Waals surface area contributed by atoms with Crippen molar-refractivity contribution >= 4 is 17.7 Å². The molecular formula is C12H14N2O5. The lowest BCUT2D eigenvalue weighted by Crippen LogP contribution is -2.30. The van der Waals surface area contributed by atoms with Gasteiger partial charge in [0.25, 0.3) is 0 Å². The van der Waals surface area contributed by atoms with Gasteiger partial charge in [0.2, 0.25) is 6.79 Å². The number of fused-ring (bicyclic) bond motifs is 1. The first kappa shape index (κ1) is 13.0. The highest BCUT2D eigenvalue weighted by Gasteiger charge is 2.16. The number of amides is 2. The van der Waals surface area contributed by atoms with E-state index in [1.807, 2.05) is 6.92 Å². The number of aliphatic carboxylic acids is 1. The Labute approximate surface area is 109 Å². The second-order valence-electron chi connectivity index (χ2n) is 4.05. The smallest absolute Gasteiger partial charge is 0.319 e. The van der Waals surface area contributed by atoms with Crippen LogP contribution in [0.3, 0.4) is 0 Å². The molecule has 0 bridgehead atoms. The Bertz CT molecular complexity index is 515. The summed E-state index contributed by atoms with van der Waals surface area (Å²) >= 11 is 0. The lowest BCUT2D eigenvalue weighted by molar-refractivity contribution is -0.136. The Balaban J connectivity index is 1.95. The lowest BCUT2D eigenvalue weighted by atomic mass is 10.2. The Morgan fingerprint density at radius 1 is 1.32 bits per heavy atom. The minimum absolute atomic E-state index is 0.0742. The molecule has 1 aromatic carbocycles. The van der Waals surface area contributed by atoms with E-state index in [1.165, 1.54) is 0 Å². The molecule has 102 valence electrons. The van der Waals surface area contributed by atoms with E-state index in [2.05, 4.69) is 10.6 Å². The van der Waals surface area contributed by atoms with Gasteiger partial charge >= 0.3 is 12.0 Å². The summed E-state index contributed by atoms with van der Waals surface area (Å²) < 4.78 is 10.4. The van der Waals surface area contributed by atoms with E-state index < -0.39 is 12.0 Å². The number of carbonyl (C=O) groups excluding carboxylic acids is 1. The third kappa shape index (κ3) is 3.27. The summed E-state index contributed by atoms with van der Waals surface area (Å²) in [5.41, 5.74) is 1.43. The van der Waals surface area contributed by atoms with Gasteiger partial charge < -0.3 is 25.2 Å². The van der Waals surface area contributed by atoms with Gasteiger partial charge in [-0.25, -0.2) is 4.79 Å². The summed E-state index contributed by atoms with van der Waals surface area (Å²) in [6.07, 6.45) is -0.118. The number of carboxylic acids is 1. The van der Waals surface area contributed by atoms with Crippen molar-refractivity contribution in [2.24, 2.45) is 0 Å². The molecule has 0 fully saturated rings. The molecule has 0 atom stereocenters. The van der Waals surface area contributed by atoms with Crippen LogP contribution in [0.4, 0.5) is 10.5 Å². The SMILES string of the molecule is Cc1cc2c(cc1NC(=O)NCCC(=O)O)OCO2. The molecule has 7 heteroatoms. The fourth-order valence-corrected chi connectivity index (χ4v) is 1.63. The van der Waals surface area contributed by atoms with Crippen LogP contribution < -0.4 is 20.1 Å². The van der Waals surface area contributed by atoms with Crippen molar-refractivity contribution in [3.63, 3.8) is 0 Å². The van der Waals surface area contributed by atoms with Gasteiger partial charge in [-0.1, -0.05) is 0 Å². The van der Waals surface area contributed by atoms with Crippen LogP contribution in [0, 0.1) is 6.92 Å². The largest absolute Gasteiger partial charge is 0.481 e. The molecule has 0 radical (unpaired) electrons. The van der Waals surface area contributed by atoms with Crippen molar-refractivity contribution < 1.29 is 24.2 Å². The number of nitrogens with one attached hydrogen (secondary N) is 2. The molecule has 0 aliphatic carbocycles. The average Bonchev–Trinajstić information content (AvgIpc) is 2.76. The van der Waals surface area contributed by atoms with Crippen molar-refractivity contribution in [2.75, 3.05) is 18.7 Å². The van der Waals surface area contributed by atoms with Crippen LogP contribution in [0.25, 0.3) is 0 Å². The van der Waals surface area contributed by atoms with Crippen LogP contribution >= 0.6 is 0 Å². The second kappa shape index (κ2) is 5.47. The maximum absolute atomic E-state index is 11.6. The predicted molar refractivity (Wildman–Crippen MR) is 66.6 cm³/mol. The number of urea groups is 1. The quantitative estimate of drug-likeness (QED) is 0.763. The van der Waals surface area contributed by atoms with E-state index in [1.54, 1.807) is 12.1 Å². The summed E-state index contributed by atoms with van der Waals surface area (Å²) in [6, 6.07) is 2.99. The minimum atomic E-state index is -0.959. The first-order valence-electron chi connectivity index (χ1n) is 5.73. The average molecular weight is 266 g/mol. The lowest BCUT2D eigenvalue weighted by Gasteiger charge is -2.10. The zero-order valence-electron chi connectivity index (χ0n) is 10.4. The van der Waals surface area contributed by atoms with Gasteiger partial charge in [0.1, 0.15) is 0 Å². The zero-order chi connectivity index (χ0) is 13.8. The van der Waals surface area contributed by atoms with Gasteiger partial charge in [-0.05, 0) is 18.6 Å². The number of carbonyl (C=O) groups is 2. The summed E-state index contributed by atoms with van der Waals surface area (Å²) in [5, 5.41) is 13.6. The second-order valence-corrected chi connectivity index (χ2v) is 4.05. The predicted octanol–water partition coefficient (Wildman–Crippen LogP) is 1.32. The number of aryl methyl sites for hydroxylation is 1. The molecule has 0 saturated heterocycles. The molecule has 1 aliphatic rings. The van der Waals surface area contributed by atoms with Crippen LogP contribution in [0.1, 0.15) is 12.0 Å². The van der Waals surface area contributed by atoms with Crippen LogP contribution in [-0.2, 0) is 4.79 Å². The standard InChI is InChI=1S/C12H14N2O5/c1-7-4-9-10(19-6-18-9)5-8(7)14-12(17)13-3-2-11(15)16/h4-5H,2-3,6H2,1H3,(H,15,16)(H2,13,14,17). The van der Waals surface area contributed by atoms with Crippen molar-refractivity contribution in [1.29, 1.82) is 0 Å². The van der Waals surface area contributed by atoms with Crippen LogP contribution in [0.5, 0.6) is 11.5 Å². The highest BCUT2D eigenvalue weighted by atomic mass is 16.7. The maximum Gasteiger partial charge on any atom is 0.319 e. The topological polar surface area (TPSA) is 96.9 Å². The van der Waals surface area contributed by atoms with Gasteiger partial charge in [-0.2, -0.15) is 0 Å². The van der Waals surface area contributed by atoms with E-state index in [0.29, 0.717) is 17.2 Å². The first-order chi connectivity index (χ1) is 9.06.